The lowest BCUT2D eigenvalue weighted by atomic mass is 10.1. The number of ether oxygens (including phenoxy) is 1. The average Bonchev–Trinajstić information content (AvgIpc) is 2.95. The van der Waals surface area contributed by atoms with E-state index in [2.05, 4.69) is 6.58 Å². The summed E-state index contributed by atoms with van der Waals surface area (Å²) in [7, 11) is 0. The van der Waals surface area contributed by atoms with Crippen LogP contribution in [0.15, 0.2) is 67.3 Å². The zero-order valence-electron chi connectivity index (χ0n) is 12.4. The van der Waals surface area contributed by atoms with E-state index in [1.165, 1.54) is 0 Å². The number of benzene rings is 2. The first-order valence-electron chi connectivity index (χ1n) is 7.46. The zero-order chi connectivity index (χ0) is 15.4. The molecule has 2 aromatic carbocycles. The molecule has 1 heterocycles. The van der Waals surface area contributed by atoms with Gasteiger partial charge in [0.2, 0.25) is 5.91 Å². The van der Waals surface area contributed by atoms with Crippen LogP contribution in [-0.4, -0.2) is 12.5 Å². The van der Waals surface area contributed by atoms with Gasteiger partial charge in [-0.3, -0.25) is 4.79 Å². The Labute approximate surface area is 130 Å². The Morgan fingerprint density at radius 1 is 1.14 bits per heavy atom. The summed E-state index contributed by atoms with van der Waals surface area (Å²) in [6.45, 7) is 4.96. The van der Waals surface area contributed by atoms with Crippen LogP contribution in [0.25, 0.3) is 0 Å². The molecule has 0 N–H and O–H groups in total. The second-order valence-electron chi connectivity index (χ2n) is 5.45. The number of nitrogens with zero attached hydrogens (tertiary/aromatic N) is 1. The summed E-state index contributed by atoms with van der Waals surface area (Å²) in [5.74, 6) is 1.08. The van der Waals surface area contributed by atoms with Crippen LogP contribution in [0.5, 0.6) is 5.75 Å². The fourth-order valence-electron chi connectivity index (χ4n) is 2.66. The van der Waals surface area contributed by atoms with E-state index in [9.17, 15) is 4.79 Å². The van der Waals surface area contributed by atoms with Crippen LogP contribution in [0.1, 0.15) is 12.0 Å². The van der Waals surface area contributed by atoms with E-state index in [1.54, 1.807) is 4.90 Å². The molecule has 0 radical (unpaired) electrons. The molecule has 112 valence electrons. The van der Waals surface area contributed by atoms with Crippen LogP contribution >= 0.6 is 0 Å². The quantitative estimate of drug-likeness (QED) is 0.785. The smallest absolute Gasteiger partial charge is 0.227 e. The monoisotopic (exact) mass is 293 g/mol. The van der Waals surface area contributed by atoms with E-state index in [4.69, 9.17) is 4.74 Å². The second-order valence-corrected chi connectivity index (χ2v) is 5.45. The number of hydrogen-bond donors (Lipinski definition) is 0. The van der Waals surface area contributed by atoms with Crippen molar-refractivity contribution in [1.82, 2.24) is 0 Å². The predicted molar refractivity (Wildman–Crippen MR) is 87.9 cm³/mol. The highest BCUT2D eigenvalue weighted by atomic mass is 16.5. The summed E-state index contributed by atoms with van der Waals surface area (Å²) in [6.07, 6.45) is 2.38. The number of carbonyl (C=O) groups excluding carboxylic acids is 1. The summed E-state index contributed by atoms with van der Waals surface area (Å²) in [5, 5.41) is 0. The maximum atomic E-state index is 12.2. The van der Waals surface area contributed by atoms with Crippen molar-refractivity contribution in [3.8, 4) is 5.75 Å². The summed E-state index contributed by atoms with van der Waals surface area (Å²) in [4.78, 5) is 14.0. The van der Waals surface area contributed by atoms with Crippen molar-refractivity contribution in [3.63, 3.8) is 0 Å². The number of carbonyl (C=O) groups is 1. The van der Waals surface area contributed by atoms with E-state index in [1.807, 2.05) is 60.7 Å². The molecule has 1 atom stereocenters. The third kappa shape index (κ3) is 3.03. The van der Waals surface area contributed by atoms with Gasteiger partial charge in [0.25, 0.3) is 0 Å². The standard InChI is InChI=1S/C19H19NO2/c1-2-15-12-19(21)20(13-15)17-10-6-7-11-18(17)22-14-16-8-4-3-5-9-16/h2-11,15H,1,12-14H2. The van der Waals surface area contributed by atoms with Crippen molar-refractivity contribution in [2.75, 3.05) is 11.4 Å². The van der Waals surface area contributed by atoms with E-state index >= 15 is 0 Å². The largest absolute Gasteiger partial charge is 0.487 e. The summed E-state index contributed by atoms with van der Waals surface area (Å²) in [6, 6.07) is 17.7. The van der Waals surface area contributed by atoms with E-state index in [-0.39, 0.29) is 11.8 Å². The topological polar surface area (TPSA) is 29.5 Å². The molecule has 1 saturated heterocycles. The predicted octanol–water partition coefficient (Wildman–Crippen LogP) is 3.80. The fourth-order valence-corrected chi connectivity index (χ4v) is 2.66. The number of anilines is 1. The van der Waals surface area contributed by atoms with Crippen molar-refractivity contribution >= 4 is 11.6 Å². The Morgan fingerprint density at radius 2 is 1.86 bits per heavy atom. The van der Waals surface area contributed by atoms with E-state index in [0.717, 1.165) is 17.0 Å². The van der Waals surface area contributed by atoms with Crippen LogP contribution in [-0.2, 0) is 11.4 Å². The third-order valence-electron chi connectivity index (χ3n) is 3.88. The Hall–Kier alpha value is -2.55. The Bertz CT molecular complexity index is 666. The fraction of sp³-hybridized carbons (Fsp3) is 0.211. The van der Waals surface area contributed by atoms with Gasteiger partial charge in [0.15, 0.2) is 0 Å². The van der Waals surface area contributed by atoms with Gasteiger partial charge in [0.1, 0.15) is 12.4 Å². The minimum Gasteiger partial charge on any atom is -0.487 e. The molecule has 0 bridgehead atoms. The van der Waals surface area contributed by atoms with Gasteiger partial charge in [0, 0.05) is 18.9 Å². The van der Waals surface area contributed by atoms with Gasteiger partial charge >= 0.3 is 0 Å². The van der Waals surface area contributed by atoms with Gasteiger partial charge in [-0.1, -0.05) is 48.5 Å². The molecule has 0 aliphatic carbocycles. The Balaban J connectivity index is 1.78. The second kappa shape index (κ2) is 6.48. The SMILES string of the molecule is C=CC1CC(=O)N(c2ccccc2OCc2ccccc2)C1. The van der Waals surface area contributed by atoms with Crippen LogP contribution in [0.3, 0.4) is 0 Å². The number of rotatable bonds is 5. The Morgan fingerprint density at radius 3 is 2.59 bits per heavy atom. The molecule has 1 unspecified atom stereocenters. The van der Waals surface area contributed by atoms with Gasteiger partial charge in [0.05, 0.1) is 5.69 Å². The lowest BCUT2D eigenvalue weighted by Crippen LogP contribution is -2.24. The maximum Gasteiger partial charge on any atom is 0.227 e. The van der Waals surface area contributed by atoms with Gasteiger partial charge in [-0.05, 0) is 17.7 Å². The number of amides is 1. The van der Waals surface area contributed by atoms with Crippen LogP contribution in [0.4, 0.5) is 5.69 Å². The first kappa shape index (κ1) is 14.4. The maximum absolute atomic E-state index is 12.2. The van der Waals surface area contributed by atoms with Crippen molar-refractivity contribution in [2.24, 2.45) is 5.92 Å². The molecule has 1 aliphatic heterocycles. The van der Waals surface area contributed by atoms with Gasteiger partial charge in [-0.2, -0.15) is 0 Å². The van der Waals surface area contributed by atoms with Gasteiger partial charge in [-0.15, -0.1) is 6.58 Å². The molecule has 0 saturated carbocycles. The molecule has 0 spiro atoms. The van der Waals surface area contributed by atoms with Crippen molar-refractivity contribution in [1.29, 1.82) is 0 Å². The molecule has 1 fully saturated rings. The minimum atomic E-state index is 0.126. The van der Waals surface area contributed by atoms with E-state index < -0.39 is 0 Å². The molecule has 1 amide bonds. The molecule has 2 aromatic rings. The van der Waals surface area contributed by atoms with Crippen molar-refractivity contribution in [2.45, 2.75) is 13.0 Å². The first-order valence-corrected chi connectivity index (χ1v) is 7.46. The molecule has 3 nitrogen and oxygen atoms in total. The van der Waals surface area contributed by atoms with Crippen LogP contribution < -0.4 is 9.64 Å². The number of hydrogen-bond acceptors (Lipinski definition) is 2. The molecule has 0 aromatic heterocycles. The van der Waals surface area contributed by atoms with Crippen molar-refractivity contribution in [3.05, 3.63) is 72.8 Å². The molecule has 3 rings (SSSR count). The molecule has 3 heteroatoms. The van der Waals surface area contributed by atoms with Crippen LogP contribution in [0.2, 0.25) is 0 Å². The van der Waals surface area contributed by atoms with Crippen LogP contribution in [0, 0.1) is 5.92 Å². The molecule has 22 heavy (non-hydrogen) atoms. The molecular weight excluding hydrogens is 274 g/mol. The highest BCUT2D eigenvalue weighted by Crippen LogP contribution is 2.33. The van der Waals surface area contributed by atoms with Gasteiger partial charge < -0.3 is 9.64 Å². The third-order valence-corrected chi connectivity index (χ3v) is 3.88. The lowest BCUT2D eigenvalue weighted by molar-refractivity contribution is -0.117. The normalized spacial score (nSPS) is 17.5. The molecule has 1 aliphatic rings. The first-order chi connectivity index (χ1) is 10.8. The summed E-state index contributed by atoms with van der Waals surface area (Å²) >= 11 is 0. The average molecular weight is 293 g/mol. The summed E-state index contributed by atoms with van der Waals surface area (Å²) < 4.78 is 5.93. The molecular formula is C19H19NO2. The minimum absolute atomic E-state index is 0.126. The Kier molecular flexibility index (Phi) is 4.24. The highest BCUT2D eigenvalue weighted by Gasteiger charge is 2.30. The van der Waals surface area contributed by atoms with E-state index in [0.29, 0.717) is 19.6 Å². The zero-order valence-corrected chi connectivity index (χ0v) is 12.4. The lowest BCUT2D eigenvalue weighted by Gasteiger charge is -2.20. The highest BCUT2D eigenvalue weighted by molar-refractivity contribution is 5.97. The number of para-hydroxylation sites is 2. The van der Waals surface area contributed by atoms with Crippen molar-refractivity contribution < 1.29 is 9.53 Å². The summed E-state index contributed by atoms with van der Waals surface area (Å²) in [5.41, 5.74) is 1.95. The van der Waals surface area contributed by atoms with Gasteiger partial charge in [-0.25, -0.2) is 0 Å².